The van der Waals surface area contributed by atoms with Crippen molar-refractivity contribution >= 4 is 23.4 Å². The maximum atomic E-state index is 12.8. The van der Waals surface area contributed by atoms with Gasteiger partial charge in [-0.05, 0) is 43.7 Å². The molecule has 2 aromatic rings. The minimum atomic E-state index is -0.771. The van der Waals surface area contributed by atoms with Gasteiger partial charge >= 0.3 is 12.0 Å². The molecule has 2 aromatic carbocycles. The fourth-order valence-electron chi connectivity index (χ4n) is 3.14. The van der Waals surface area contributed by atoms with Gasteiger partial charge < -0.3 is 10.1 Å². The van der Waals surface area contributed by atoms with Crippen LogP contribution in [0.1, 0.15) is 25.5 Å². The van der Waals surface area contributed by atoms with Crippen LogP contribution in [0, 0.1) is 10.1 Å². The van der Waals surface area contributed by atoms with Crippen molar-refractivity contribution in [2.24, 2.45) is 0 Å². The van der Waals surface area contributed by atoms with Crippen LogP contribution < -0.4 is 10.2 Å². The van der Waals surface area contributed by atoms with E-state index in [4.69, 9.17) is 4.74 Å². The summed E-state index contributed by atoms with van der Waals surface area (Å²) in [4.78, 5) is 37.3. The molecule has 8 heteroatoms. The Labute approximate surface area is 161 Å². The first-order chi connectivity index (χ1) is 13.4. The van der Waals surface area contributed by atoms with Crippen molar-refractivity contribution in [3.05, 3.63) is 81.5 Å². The van der Waals surface area contributed by atoms with Crippen molar-refractivity contribution in [3.63, 3.8) is 0 Å². The molecule has 8 nitrogen and oxygen atoms in total. The molecular formula is C20H19N3O5. The summed E-state index contributed by atoms with van der Waals surface area (Å²) < 4.78 is 5.20. The number of non-ortho nitro benzene ring substituents is 1. The lowest BCUT2D eigenvalue weighted by Crippen LogP contribution is -2.48. The molecule has 0 saturated heterocycles. The maximum absolute atomic E-state index is 12.8. The minimum absolute atomic E-state index is 0.0739. The Morgan fingerprint density at radius 3 is 2.39 bits per heavy atom. The zero-order valence-electron chi connectivity index (χ0n) is 15.4. The molecule has 1 atom stereocenters. The van der Waals surface area contributed by atoms with E-state index in [1.807, 2.05) is 6.07 Å². The normalized spacial score (nSPS) is 16.6. The highest BCUT2D eigenvalue weighted by atomic mass is 16.6. The number of anilines is 1. The van der Waals surface area contributed by atoms with E-state index < -0.39 is 23.0 Å². The van der Waals surface area contributed by atoms with Gasteiger partial charge in [-0.2, -0.15) is 0 Å². The first-order valence-electron chi connectivity index (χ1n) is 8.72. The van der Waals surface area contributed by atoms with E-state index in [1.165, 1.54) is 29.2 Å². The second-order valence-corrected chi connectivity index (χ2v) is 6.12. The van der Waals surface area contributed by atoms with Crippen LogP contribution in [0.3, 0.4) is 0 Å². The lowest BCUT2D eigenvalue weighted by Gasteiger charge is -2.35. The Bertz CT molecular complexity index is 938. The van der Waals surface area contributed by atoms with Crippen LogP contribution in [0.25, 0.3) is 0 Å². The van der Waals surface area contributed by atoms with Crippen LogP contribution in [0.2, 0.25) is 0 Å². The second-order valence-electron chi connectivity index (χ2n) is 6.12. The van der Waals surface area contributed by atoms with Gasteiger partial charge in [0, 0.05) is 17.8 Å². The summed E-state index contributed by atoms with van der Waals surface area (Å²) in [6.45, 7) is 3.56. The van der Waals surface area contributed by atoms with Gasteiger partial charge in [0.1, 0.15) is 0 Å². The van der Waals surface area contributed by atoms with E-state index in [0.29, 0.717) is 16.9 Å². The van der Waals surface area contributed by atoms with Gasteiger partial charge in [0.05, 0.1) is 28.8 Å². The largest absolute Gasteiger partial charge is 0.463 e. The number of allylic oxidation sites excluding steroid dienone is 1. The van der Waals surface area contributed by atoms with Crippen molar-refractivity contribution in [2.45, 2.75) is 19.9 Å². The number of nitro benzene ring substituents is 1. The average molecular weight is 381 g/mol. The summed E-state index contributed by atoms with van der Waals surface area (Å²) in [5, 5.41) is 13.7. The second kappa shape index (κ2) is 7.91. The number of hydrogen-bond acceptors (Lipinski definition) is 5. The standard InChI is InChI=1S/C20H19N3O5/c1-3-28-19(24)17-13(2)22(15-7-5-4-6-8-15)20(25)21-18(17)14-9-11-16(12-10-14)23(26)27/h4-12,18H,3H2,1-2H3,(H,21,25). The quantitative estimate of drug-likeness (QED) is 0.483. The number of carbonyl (C=O) groups is 2. The van der Waals surface area contributed by atoms with Gasteiger partial charge in [-0.3, -0.25) is 15.0 Å². The third-order valence-electron chi connectivity index (χ3n) is 4.43. The lowest BCUT2D eigenvalue weighted by atomic mass is 9.94. The fourth-order valence-corrected chi connectivity index (χ4v) is 3.14. The zero-order valence-corrected chi connectivity index (χ0v) is 15.4. The number of benzene rings is 2. The summed E-state index contributed by atoms with van der Waals surface area (Å²) in [5.74, 6) is -0.552. The molecule has 1 N–H and O–H groups in total. The van der Waals surface area contributed by atoms with E-state index in [9.17, 15) is 19.7 Å². The van der Waals surface area contributed by atoms with Crippen LogP contribution in [0.4, 0.5) is 16.2 Å². The predicted molar refractivity (Wildman–Crippen MR) is 103 cm³/mol. The predicted octanol–water partition coefficient (Wildman–Crippen LogP) is 3.70. The number of amides is 2. The summed E-state index contributed by atoms with van der Waals surface area (Å²) in [6, 6.07) is 13.5. The molecule has 3 rings (SSSR count). The van der Waals surface area contributed by atoms with E-state index in [1.54, 1.807) is 38.1 Å². The van der Waals surface area contributed by atoms with Crippen LogP contribution in [0.15, 0.2) is 65.9 Å². The summed E-state index contributed by atoms with van der Waals surface area (Å²) in [7, 11) is 0. The molecule has 0 radical (unpaired) electrons. The van der Waals surface area contributed by atoms with Gasteiger partial charge in [0.2, 0.25) is 0 Å². The van der Waals surface area contributed by atoms with E-state index >= 15 is 0 Å². The first kappa shape index (κ1) is 19.1. The summed E-state index contributed by atoms with van der Waals surface area (Å²) >= 11 is 0. The van der Waals surface area contributed by atoms with Crippen LogP contribution in [-0.2, 0) is 9.53 Å². The Morgan fingerprint density at radius 2 is 1.82 bits per heavy atom. The Morgan fingerprint density at radius 1 is 1.18 bits per heavy atom. The van der Waals surface area contributed by atoms with E-state index in [0.717, 1.165) is 0 Å². The monoisotopic (exact) mass is 381 g/mol. The highest BCUT2D eigenvalue weighted by molar-refractivity contribution is 6.03. The topological polar surface area (TPSA) is 102 Å². The van der Waals surface area contributed by atoms with Crippen molar-refractivity contribution in [1.82, 2.24) is 5.32 Å². The lowest BCUT2D eigenvalue weighted by molar-refractivity contribution is -0.384. The smallest absolute Gasteiger partial charge is 0.338 e. The van der Waals surface area contributed by atoms with Crippen LogP contribution in [-0.4, -0.2) is 23.5 Å². The molecule has 0 aromatic heterocycles. The van der Waals surface area contributed by atoms with Gasteiger partial charge in [0.15, 0.2) is 0 Å². The summed E-state index contributed by atoms with van der Waals surface area (Å²) in [6.07, 6.45) is 0. The van der Waals surface area contributed by atoms with Crippen molar-refractivity contribution in [2.75, 3.05) is 11.5 Å². The molecule has 1 aliphatic heterocycles. The third kappa shape index (κ3) is 3.57. The fraction of sp³-hybridized carbons (Fsp3) is 0.200. The van der Waals surface area contributed by atoms with E-state index in [2.05, 4.69) is 5.32 Å². The number of carbonyl (C=O) groups excluding carboxylic acids is 2. The molecule has 1 heterocycles. The molecule has 2 amide bonds. The Hall–Kier alpha value is -3.68. The molecule has 0 bridgehead atoms. The first-order valence-corrected chi connectivity index (χ1v) is 8.72. The molecule has 1 unspecified atom stereocenters. The number of nitrogens with one attached hydrogen (secondary N) is 1. The number of hydrogen-bond donors (Lipinski definition) is 1. The minimum Gasteiger partial charge on any atom is -0.463 e. The number of urea groups is 1. The highest BCUT2D eigenvalue weighted by Gasteiger charge is 2.37. The van der Waals surface area contributed by atoms with Gasteiger partial charge in [-0.25, -0.2) is 9.59 Å². The van der Waals surface area contributed by atoms with E-state index in [-0.39, 0.29) is 17.9 Å². The van der Waals surface area contributed by atoms with Crippen LogP contribution in [0.5, 0.6) is 0 Å². The average Bonchev–Trinajstić information content (AvgIpc) is 2.68. The Balaban J connectivity index is 2.09. The van der Waals surface area contributed by atoms with Crippen molar-refractivity contribution in [3.8, 4) is 0 Å². The number of ether oxygens (including phenoxy) is 1. The number of esters is 1. The highest BCUT2D eigenvalue weighted by Crippen LogP contribution is 2.34. The zero-order chi connectivity index (χ0) is 20.3. The van der Waals surface area contributed by atoms with Crippen molar-refractivity contribution in [1.29, 1.82) is 0 Å². The number of nitro groups is 1. The SMILES string of the molecule is CCOC(=O)C1=C(C)N(c2ccccc2)C(=O)NC1c1ccc([N+](=O)[O-])cc1. The maximum Gasteiger partial charge on any atom is 0.338 e. The molecule has 28 heavy (non-hydrogen) atoms. The molecular weight excluding hydrogens is 362 g/mol. The summed E-state index contributed by atoms with van der Waals surface area (Å²) in [5.41, 5.74) is 1.81. The molecule has 144 valence electrons. The molecule has 0 spiro atoms. The molecule has 1 aliphatic rings. The Kier molecular flexibility index (Phi) is 5.39. The third-order valence-corrected chi connectivity index (χ3v) is 4.43. The van der Waals surface area contributed by atoms with Crippen molar-refractivity contribution < 1.29 is 19.2 Å². The molecule has 0 fully saturated rings. The van der Waals surface area contributed by atoms with Gasteiger partial charge in [-0.1, -0.05) is 18.2 Å². The van der Waals surface area contributed by atoms with Gasteiger partial charge in [-0.15, -0.1) is 0 Å². The van der Waals surface area contributed by atoms with Gasteiger partial charge in [0.25, 0.3) is 5.69 Å². The molecule has 0 saturated carbocycles. The number of nitrogens with zero attached hydrogens (tertiary/aromatic N) is 2. The van der Waals surface area contributed by atoms with Crippen LogP contribution >= 0.6 is 0 Å². The number of rotatable bonds is 5. The molecule has 0 aliphatic carbocycles. The number of para-hydroxylation sites is 1.